The van der Waals surface area contributed by atoms with E-state index in [1.165, 1.54) is 18.4 Å². The Morgan fingerprint density at radius 3 is 2.33 bits per heavy atom. The van der Waals surface area contributed by atoms with Crippen LogP contribution in [-0.2, 0) is 0 Å². The SMILES string of the molecule is C=C(C)C1C(C)[C@H](C)CC[C@@H]1S. The van der Waals surface area contributed by atoms with Gasteiger partial charge in [0.2, 0.25) is 0 Å². The lowest BCUT2D eigenvalue weighted by Crippen LogP contribution is -2.33. The van der Waals surface area contributed by atoms with Crippen molar-refractivity contribution in [2.24, 2.45) is 17.8 Å². The summed E-state index contributed by atoms with van der Waals surface area (Å²) in [5.74, 6) is 2.24. The summed E-state index contributed by atoms with van der Waals surface area (Å²) in [6, 6.07) is 0. The number of allylic oxidation sites excluding steroid dienone is 1. The Morgan fingerprint density at radius 1 is 1.33 bits per heavy atom. The summed E-state index contributed by atoms with van der Waals surface area (Å²) in [6.45, 7) is 10.9. The molecule has 4 atom stereocenters. The van der Waals surface area contributed by atoms with E-state index in [9.17, 15) is 0 Å². The van der Waals surface area contributed by atoms with E-state index in [2.05, 4.69) is 40.0 Å². The fourth-order valence-electron chi connectivity index (χ4n) is 2.36. The molecule has 0 N–H and O–H groups in total. The first-order valence-corrected chi connectivity index (χ1v) is 5.39. The summed E-state index contributed by atoms with van der Waals surface area (Å²) in [5, 5.41) is 0.550. The Labute approximate surface area is 81.8 Å². The molecule has 1 rings (SSSR count). The molecule has 1 heteroatoms. The van der Waals surface area contributed by atoms with E-state index in [-0.39, 0.29) is 0 Å². The van der Waals surface area contributed by atoms with Gasteiger partial charge in [-0.05, 0) is 37.5 Å². The second-order valence-corrected chi connectivity index (χ2v) is 5.02. The highest BCUT2D eigenvalue weighted by Gasteiger charge is 2.32. The Bertz CT molecular complexity index is 174. The first kappa shape index (κ1) is 10.2. The lowest BCUT2D eigenvalue weighted by Gasteiger charge is -2.38. The average molecular weight is 184 g/mol. The van der Waals surface area contributed by atoms with Crippen LogP contribution in [0.3, 0.4) is 0 Å². The smallest absolute Gasteiger partial charge is 0.00848 e. The Morgan fingerprint density at radius 2 is 1.92 bits per heavy atom. The molecule has 2 unspecified atom stereocenters. The van der Waals surface area contributed by atoms with Gasteiger partial charge in [0.25, 0.3) is 0 Å². The monoisotopic (exact) mass is 184 g/mol. The third-order valence-electron chi connectivity index (χ3n) is 3.37. The zero-order valence-corrected chi connectivity index (χ0v) is 9.27. The maximum Gasteiger partial charge on any atom is 0.00848 e. The minimum Gasteiger partial charge on any atom is -0.175 e. The molecule has 0 bridgehead atoms. The van der Waals surface area contributed by atoms with Crippen molar-refractivity contribution < 1.29 is 0 Å². The predicted molar refractivity (Wildman–Crippen MR) is 58.6 cm³/mol. The normalized spacial score (nSPS) is 42.7. The highest BCUT2D eigenvalue weighted by atomic mass is 32.1. The van der Waals surface area contributed by atoms with E-state index in [1.807, 2.05) is 0 Å². The minimum atomic E-state index is 0.550. The van der Waals surface area contributed by atoms with Crippen LogP contribution in [0.25, 0.3) is 0 Å². The van der Waals surface area contributed by atoms with Crippen molar-refractivity contribution in [3.63, 3.8) is 0 Å². The van der Waals surface area contributed by atoms with Crippen molar-refractivity contribution >= 4 is 12.6 Å². The van der Waals surface area contributed by atoms with Crippen LogP contribution < -0.4 is 0 Å². The molecule has 1 fully saturated rings. The van der Waals surface area contributed by atoms with E-state index in [0.717, 1.165) is 11.8 Å². The van der Waals surface area contributed by atoms with Gasteiger partial charge in [0.15, 0.2) is 0 Å². The van der Waals surface area contributed by atoms with E-state index >= 15 is 0 Å². The summed E-state index contributed by atoms with van der Waals surface area (Å²) in [6.07, 6.45) is 2.59. The average Bonchev–Trinajstić information content (AvgIpc) is 1.97. The van der Waals surface area contributed by atoms with Gasteiger partial charge in [0, 0.05) is 5.25 Å². The van der Waals surface area contributed by atoms with Gasteiger partial charge in [0.1, 0.15) is 0 Å². The predicted octanol–water partition coefficient (Wildman–Crippen LogP) is 3.54. The van der Waals surface area contributed by atoms with Crippen LogP contribution in [0.4, 0.5) is 0 Å². The van der Waals surface area contributed by atoms with Crippen LogP contribution >= 0.6 is 12.6 Å². The van der Waals surface area contributed by atoms with Gasteiger partial charge in [-0.15, -0.1) is 0 Å². The Hall–Kier alpha value is 0.0900. The second-order valence-electron chi connectivity index (χ2n) is 4.35. The summed E-state index contributed by atoms with van der Waals surface area (Å²) in [7, 11) is 0. The minimum absolute atomic E-state index is 0.550. The largest absolute Gasteiger partial charge is 0.175 e. The summed E-state index contributed by atoms with van der Waals surface area (Å²) >= 11 is 4.63. The molecule has 0 saturated heterocycles. The van der Waals surface area contributed by atoms with Crippen molar-refractivity contribution in [2.45, 2.75) is 38.9 Å². The van der Waals surface area contributed by atoms with Gasteiger partial charge in [-0.1, -0.05) is 26.0 Å². The van der Waals surface area contributed by atoms with Crippen LogP contribution in [0.2, 0.25) is 0 Å². The molecule has 1 aliphatic rings. The molecule has 0 amide bonds. The van der Waals surface area contributed by atoms with Gasteiger partial charge in [-0.3, -0.25) is 0 Å². The molecule has 0 aromatic rings. The number of rotatable bonds is 1. The zero-order chi connectivity index (χ0) is 9.30. The van der Waals surface area contributed by atoms with Crippen LogP contribution in [0.15, 0.2) is 12.2 Å². The topological polar surface area (TPSA) is 0 Å². The second kappa shape index (κ2) is 3.87. The molecular weight excluding hydrogens is 164 g/mol. The summed E-state index contributed by atoms with van der Waals surface area (Å²) < 4.78 is 0. The summed E-state index contributed by atoms with van der Waals surface area (Å²) in [5.41, 5.74) is 1.31. The van der Waals surface area contributed by atoms with Gasteiger partial charge in [-0.2, -0.15) is 12.6 Å². The zero-order valence-electron chi connectivity index (χ0n) is 8.38. The van der Waals surface area contributed by atoms with Crippen molar-refractivity contribution in [3.05, 3.63) is 12.2 Å². The molecule has 12 heavy (non-hydrogen) atoms. The summed E-state index contributed by atoms with van der Waals surface area (Å²) in [4.78, 5) is 0. The third-order valence-corrected chi connectivity index (χ3v) is 3.94. The Kier molecular flexibility index (Phi) is 3.28. The standard InChI is InChI=1S/C11H20S/c1-7(2)11-9(4)8(3)5-6-10(11)12/h8-12H,1,5-6H2,2-4H3/t8-,9?,10+,11?/m1/s1. The van der Waals surface area contributed by atoms with Crippen LogP contribution in [0, 0.1) is 17.8 Å². The van der Waals surface area contributed by atoms with Crippen molar-refractivity contribution in [2.75, 3.05) is 0 Å². The molecular formula is C11H20S. The molecule has 1 saturated carbocycles. The lowest BCUT2D eigenvalue weighted by molar-refractivity contribution is 0.218. The molecule has 0 aliphatic heterocycles. The fourth-order valence-corrected chi connectivity index (χ4v) is 3.03. The molecule has 0 heterocycles. The molecule has 70 valence electrons. The number of hydrogen-bond acceptors (Lipinski definition) is 1. The van der Waals surface area contributed by atoms with Crippen LogP contribution in [-0.4, -0.2) is 5.25 Å². The van der Waals surface area contributed by atoms with E-state index in [4.69, 9.17) is 0 Å². The van der Waals surface area contributed by atoms with E-state index in [0.29, 0.717) is 11.2 Å². The van der Waals surface area contributed by atoms with Crippen LogP contribution in [0.5, 0.6) is 0 Å². The van der Waals surface area contributed by atoms with Crippen molar-refractivity contribution in [1.82, 2.24) is 0 Å². The number of hydrogen-bond donors (Lipinski definition) is 1. The van der Waals surface area contributed by atoms with Crippen molar-refractivity contribution in [3.8, 4) is 0 Å². The maximum atomic E-state index is 4.63. The van der Waals surface area contributed by atoms with Crippen molar-refractivity contribution in [1.29, 1.82) is 0 Å². The molecule has 0 aromatic heterocycles. The van der Waals surface area contributed by atoms with Crippen LogP contribution in [0.1, 0.15) is 33.6 Å². The molecule has 0 aromatic carbocycles. The van der Waals surface area contributed by atoms with E-state index in [1.54, 1.807) is 0 Å². The Balaban J connectivity index is 2.71. The first-order valence-electron chi connectivity index (χ1n) is 4.87. The highest BCUT2D eigenvalue weighted by Crippen LogP contribution is 2.40. The maximum absolute atomic E-state index is 4.63. The molecule has 0 nitrogen and oxygen atoms in total. The molecule has 0 spiro atoms. The highest BCUT2D eigenvalue weighted by molar-refractivity contribution is 7.81. The van der Waals surface area contributed by atoms with E-state index < -0.39 is 0 Å². The molecule has 0 radical (unpaired) electrons. The quantitative estimate of drug-likeness (QED) is 0.467. The van der Waals surface area contributed by atoms with Gasteiger partial charge in [-0.25, -0.2) is 0 Å². The van der Waals surface area contributed by atoms with Gasteiger partial charge < -0.3 is 0 Å². The lowest BCUT2D eigenvalue weighted by atomic mass is 9.71. The third kappa shape index (κ3) is 1.87. The number of thiol groups is 1. The fraction of sp³-hybridized carbons (Fsp3) is 0.818. The van der Waals surface area contributed by atoms with Gasteiger partial charge in [0.05, 0.1) is 0 Å². The van der Waals surface area contributed by atoms with Gasteiger partial charge >= 0.3 is 0 Å². The molecule has 1 aliphatic carbocycles. The first-order chi connectivity index (χ1) is 5.54.